The van der Waals surface area contributed by atoms with Crippen LogP contribution in [0.1, 0.15) is 30.4 Å². The summed E-state index contributed by atoms with van der Waals surface area (Å²) in [7, 11) is 1.56. The summed E-state index contributed by atoms with van der Waals surface area (Å²) in [5.41, 5.74) is 2.11. The van der Waals surface area contributed by atoms with E-state index in [9.17, 15) is 14.4 Å². The number of methoxy groups -OCH3 is 1. The Balaban J connectivity index is 1.40. The van der Waals surface area contributed by atoms with Crippen molar-refractivity contribution in [1.29, 1.82) is 0 Å². The first-order valence-electron chi connectivity index (χ1n) is 11.2. The van der Waals surface area contributed by atoms with Gasteiger partial charge in [0, 0.05) is 42.2 Å². The highest BCUT2D eigenvalue weighted by Gasteiger charge is 2.28. The lowest BCUT2D eigenvalue weighted by Gasteiger charge is -2.32. The van der Waals surface area contributed by atoms with Gasteiger partial charge in [-0.05, 0) is 56.0 Å². The third-order valence-electron chi connectivity index (χ3n) is 6.27. The van der Waals surface area contributed by atoms with Crippen LogP contribution >= 0.6 is 0 Å². The van der Waals surface area contributed by atoms with E-state index >= 15 is 0 Å². The molecule has 0 radical (unpaired) electrons. The first-order chi connectivity index (χ1) is 16.0. The molecule has 0 saturated carbocycles. The normalized spacial score (nSPS) is 15.9. The van der Waals surface area contributed by atoms with E-state index in [1.54, 1.807) is 18.1 Å². The number of hydrogen-bond donors (Lipinski definition) is 1. The molecule has 4 rings (SSSR count). The van der Waals surface area contributed by atoms with Crippen molar-refractivity contribution in [2.45, 2.75) is 32.6 Å². The molecule has 1 fully saturated rings. The topological polar surface area (TPSA) is 88.9 Å². The van der Waals surface area contributed by atoms with E-state index in [1.807, 2.05) is 49.4 Å². The molecule has 2 heterocycles. The molecule has 33 heavy (non-hydrogen) atoms. The highest BCUT2D eigenvalue weighted by Crippen LogP contribution is 2.25. The Bertz CT molecular complexity index is 1220. The second-order valence-corrected chi connectivity index (χ2v) is 8.39. The monoisotopic (exact) mass is 448 g/mol. The molecule has 1 saturated heterocycles. The van der Waals surface area contributed by atoms with Crippen LogP contribution in [0.25, 0.3) is 11.0 Å². The fourth-order valence-electron chi connectivity index (χ4n) is 4.36. The van der Waals surface area contributed by atoms with Crippen LogP contribution in [0.2, 0.25) is 0 Å². The van der Waals surface area contributed by atoms with Gasteiger partial charge in [0.15, 0.2) is 0 Å². The summed E-state index contributed by atoms with van der Waals surface area (Å²) < 4.78 is 10.7. The highest BCUT2D eigenvalue weighted by atomic mass is 16.5. The summed E-state index contributed by atoms with van der Waals surface area (Å²) in [5.74, 6) is 0.246. The maximum Gasteiger partial charge on any atom is 0.339 e. The van der Waals surface area contributed by atoms with Crippen LogP contribution in [0.15, 0.2) is 57.7 Å². The summed E-state index contributed by atoms with van der Waals surface area (Å²) in [6.45, 7) is 2.89. The molecule has 2 aromatic carbocycles. The van der Waals surface area contributed by atoms with Gasteiger partial charge in [-0.25, -0.2) is 4.79 Å². The maximum absolute atomic E-state index is 12.9. The minimum absolute atomic E-state index is 0.0548. The van der Waals surface area contributed by atoms with Crippen molar-refractivity contribution in [2.75, 3.05) is 25.5 Å². The first-order valence-corrected chi connectivity index (χ1v) is 11.2. The second-order valence-electron chi connectivity index (χ2n) is 8.39. The lowest BCUT2D eigenvalue weighted by molar-refractivity contribution is -0.134. The number of amides is 2. The van der Waals surface area contributed by atoms with Gasteiger partial charge in [0.05, 0.1) is 13.0 Å². The first kappa shape index (κ1) is 22.6. The van der Waals surface area contributed by atoms with Crippen LogP contribution < -0.4 is 15.7 Å². The number of piperidine rings is 1. The van der Waals surface area contributed by atoms with E-state index in [1.165, 1.54) is 0 Å². The number of ether oxygens (including phenoxy) is 1. The Labute approximate surface area is 192 Å². The summed E-state index contributed by atoms with van der Waals surface area (Å²) in [6.07, 6.45) is 2.02. The summed E-state index contributed by atoms with van der Waals surface area (Å²) >= 11 is 0. The minimum Gasteiger partial charge on any atom is -0.497 e. The predicted molar refractivity (Wildman–Crippen MR) is 126 cm³/mol. The third kappa shape index (κ3) is 5.08. The predicted octanol–water partition coefficient (Wildman–Crippen LogP) is 3.92. The number of carbonyl (C=O) groups is 2. The van der Waals surface area contributed by atoms with Crippen molar-refractivity contribution in [3.63, 3.8) is 0 Å². The van der Waals surface area contributed by atoms with Crippen LogP contribution in [0.5, 0.6) is 5.75 Å². The van der Waals surface area contributed by atoms with Gasteiger partial charge in [0.25, 0.3) is 0 Å². The largest absolute Gasteiger partial charge is 0.497 e. The smallest absolute Gasteiger partial charge is 0.339 e. The minimum atomic E-state index is -0.431. The zero-order valence-corrected chi connectivity index (χ0v) is 18.9. The van der Waals surface area contributed by atoms with Crippen molar-refractivity contribution >= 4 is 28.5 Å². The van der Waals surface area contributed by atoms with Gasteiger partial charge in [-0.15, -0.1) is 0 Å². The maximum atomic E-state index is 12.9. The van der Waals surface area contributed by atoms with Crippen LogP contribution in [-0.4, -0.2) is 36.9 Å². The van der Waals surface area contributed by atoms with Gasteiger partial charge < -0.3 is 19.4 Å². The van der Waals surface area contributed by atoms with Crippen molar-refractivity contribution in [1.82, 2.24) is 4.90 Å². The molecule has 1 unspecified atom stereocenters. The van der Waals surface area contributed by atoms with E-state index in [0.29, 0.717) is 36.4 Å². The van der Waals surface area contributed by atoms with Crippen LogP contribution in [0.3, 0.4) is 0 Å². The zero-order chi connectivity index (χ0) is 23.4. The van der Waals surface area contributed by atoms with Gasteiger partial charge in [-0.2, -0.15) is 0 Å². The van der Waals surface area contributed by atoms with Crippen molar-refractivity contribution < 1.29 is 18.7 Å². The van der Waals surface area contributed by atoms with Crippen LogP contribution in [0.4, 0.5) is 5.69 Å². The number of fused-ring (bicyclic) bond motifs is 1. The summed E-state index contributed by atoms with van der Waals surface area (Å²) in [6, 6.07) is 14.7. The number of benzene rings is 2. The molecule has 1 N–H and O–H groups in total. The van der Waals surface area contributed by atoms with E-state index in [0.717, 1.165) is 29.5 Å². The molecule has 3 aromatic rings. The van der Waals surface area contributed by atoms with Gasteiger partial charge in [-0.3, -0.25) is 9.59 Å². The molecule has 7 heteroatoms. The number of para-hydroxylation sites is 1. The van der Waals surface area contributed by atoms with Gasteiger partial charge in [0.2, 0.25) is 11.8 Å². The third-order valence-corrected chi connectivity index (χ3v) is 6.27. The van der Waals surface area contributed by atoms with Crippen molar-refractivity contribution in [3.05, 3.63) is 70.1 Å². The van der Waals surface area contributed by atoms with Gasteiger partial charge in [0.1, 0.15) is 11.3 Å². The standard InChI is InChI=1S/C26H28N2O5/c1-17-21-11-10-20(32-2)15-23(21)33-26(31)22(17)12-13-24(29)28-14-6-7-18(16-28)25(30)27-19-8-4-3-5-9-19/h3-5,8-11,15,18H,6-7,12-14,16H2,1-2H3,(H,27,30). The summed E-state index contributed by atoms with van der Waals surface area (Å²) in [4.78, 5) is 39.9. The molecule has 0 bridgehead atoms. The Kier molecular flexibility index (Phi) is 6.77. The van der Waals surface area contributed by atoms with Gasteiger partial charge >= 0.3 is 5.63 Å². The molecule has 1 aromatic heterocycles. The average Bonchev–Trinajstić information content (AvgIpc) is 2.84. The van der Waals surface area contributed by atoms with E-state index in [2.05, 4.69) is 5.32 Å². The zero-order valence-electron chi connectivity index (χ0n) is 18.9. The highest BCUT2D eigenvalue weighted by molar-refractivity contribution is 5.93. The fourth-order valence-corrected chi connectivity index (χ4v) is 4.36. The quantitative estimate of drug-likeness (QED) is 0.578. The number of aryl methyl sites for hydroxylation is 1. The molecule has 7 nitrogen and oxygen atoms in total. The Morgan fingerprint density at radius 1 is 1.18 bits per heavy atom. The Morgan fingerprint density at radius 2 is 1.97 bits per heavy atom. The number of rotatable bonds is 6. The summed E-state index contributed by atoms with van der Waals surface area (Å²) in [5, 5.41) is 3.76. The molecule has 1 aliphatic heterocycles. The number of nitrogens with zero attached hydrogens (tertiary/aromatic N) is 1. The molecular formula is C26H28N2O5. The lowest BCUT2D eigenvalue weighted by Crippen LogP contribution is -2.43. The Hall–Kier alpha value is -3.61. The molecule has 0 spiro atoms. The van der Waals surface area contributed by atoms with E-state index < -0.39 is 5.63 Å². The molecule has 172 valence electrons. The molecular weight excluding hydrogens is 420 g/mol. The number of likely N-dealkylation sites (tertiary alicyclic amines) is 1. The second kappa shape index (κ2) is 9.90. The van der Waals surface area contributed by atoms with E-state index in [-0.39, 0.29) is 24.2 Å². The van der Waals surface area contributed by atoms with E-state index in [4.69, 9.17) is 9.15 Å². The Morgan fingerprint density at radius 3 is 2.73 bits per heavy atom. The number of nitrogens with one attached hydrogen (secondary N) is 1. The number of hydrogen-bond acceptors (Lipinski definition) is 5. The van der Waals surface area contributed by atoms with Crippen molar-refractivity contribution in [3.8, 4) is 5.75 Å². The van der Waals surface area contributed by atoms with Crippen LogP contribution in [0, 0.1) is 12.8 Å². The fraction of sp³-hybridized carbons (Fsp3) is 0.346. The molecule has 1 atom stereocenters. The molecule has 2 amide bonds. The molecule has 0 aliphatic carbocycles. The lowest BCUT2D eigenvalue weighted by atomic mass is 9.96. The van der Waals surface area contributed by atoms with Gasteiger partial charge in [-0.1, -0.05) is 18.2 Å². The number of carbonyl (C=O) groups excluding carboxylic acids is 2. The van der Waals surface area contributed by atoms with Crippen LogP contribution in [-0.2, 0) is 16.0 Å². The number of anilines is 1. The molecule has 1 aliphatic rings. The average molecular weight is 449 g/mol. The SMILES string of the molecule is COc1ccc2c(C)c(CCC(=O)N3CCCC(C(=O)Nc4ccccc4)C3)c(=O)oc2c1. The van der Waals surface area contributed by atoms with Crippen molar-refractivity contribution in [2.24, 2.45) is 5.92 Å².